The first-order valence-electron chi connectivity index (χ1n) is 12.5. The van der Waals surface area contributed by atoms with Crippen molar-refractivity contribution in [2.45, 2.75) is 13.2 Å². The van der Waals surface area contributed by atoms with Gasteiger partial charge < -0.3 is 19.5 Å². The number of aliphatic hydroxyl groups excluding tert-OH is 1. The summed E-state index contributed by atoms with van der Waals surface area (Å²) in [5.74, 6) is 2.18. The van der Waals surface area contributed by atoms with E-state index in [1.165, 1.54) is 11.6 Å². The quantitative estimate of drug-likeness (QED) is 0.162. The Morgan fingerprint density at radius 1 is 0.605 bits per heavy atom. The van der Waals surface area contributed by atoms with Crippen molar-refractivity contribution in [3.63, 3.8) is 0 Å². The molecule has 1 atom stereocenters. The lowest BCUT2D eigenvalue weighted by atomic mass is 10.0. The van der Waals surface area contributed by atoms with E-state index in [1.54, 1.807) is 0 Å². The van der Waals surface area contributed by atoms with Crippen LogP contribution in [0.4, 0.5) is 17.1 Å². The maximum absolute atomic E-state index is 9.61. The number of anilines is 3. The average Bonchev–Trinajstić information content (AvgIpc) is 2.96. The summed E-state index contributed by atoms with van der Waals surface area (Å²) >= 11 is 0. The van der Waals surface area contributed by atoms with Crippen LogP contribution in [0.3, 0.4) is 0 Å². The smallest absolute Gasteiger partial charge is 0.216 e. The van der Waals surface area contributed by atoms with Crippen molar-refractivity contribution in [1.82, 2.24) is 0 Å². The highest BCUT2D eigenvalue weighted by Gasteiger charge is 2.13. The molecule has 5 aromatic rings. The summed E-state index contributed by atoms with van der Waals surface area (Å²) < 4.78 is 11.4. The molecule has 0 aliphatic heterocycles. The molecule has 5 rings (SSSR count). The van der Waals surface area contributed by atoms with E-state index in [2.05, 4.69) is 79.1 Å². The summed E-state index contributed by atoms with van der Waals surface area (Å²) in [5.41, 5.74) is 6.50. The molecule has 0 bridgehead atoms. The fourth-order valence-corrected chi connectivity index (χ4v) is 4.15. The van der Waals surface area contributed by atoms with Crippen LogP contribution in [0.2, 0.25) is 0 Å². The molecule has 0 radical (unpaired) electrons. The fourth-order valence-electron chi connectivity index (χ4n) is 4.15. The van der Waals surface area contributed by atoms with Crippen molar-refractivity contribution in [2.75, 3.05) is 4.90 Å². The zero-order valence-electron chi connectivity index (χ0n) is 21.2. The van der Waals surface area contributed by atoms with Crippen LogP contribution < -0.4 is 14.4 Å². The summed E-state index contributed by atoms with van der Waals surface area (Å²) in [6.45, 7) is 5.62. The molecular formula is C34H29NO3. The first-order valence-corrected chi connectivity index (χ1v) is 12.5. The number of rotatable bonds is 9. The van der Waals surface area contributed by atoms with Crippen molar-refractivity contribution in [3.05, 3.63) is 146 Å². The molecule has 1 N–H and O–H groups in total. The van der Waals surface area contributed by atoms with Crippen molar-refractivity contribution >= 4 is 17.1 Å². The summed E-state index contributed by atoms with van der Waals surface area (Å²) in [6.07, 6.45) is 0.322. The second-order valence-electron chi connectivity index (χ2n) is 8.90. The van der Waals surface area contributed by atoms with Gasteiger partial charge in [-0.05, 0) is 96.9 Å². The Morgan fingerprint density at radius 2 is 1.05 bits per heavy atom. The highest BCUT2D eigenvalue weighted by molar-refractivity contribution is 5.78. The number of aliphatic hydroxyl groups is 1. The predicted octanol–water partition coefficient (Wildman–Crippen LogP) is 8.81. The van der Waals surface area contributed by atoms with Crippen LogP contribution in [0.15, 0.2) is 140 Å². The number of aryl methyl sites for hydroxylation is 1. The van der Waals surface area contributed by atoms with E-state index in [4.69, 9.17) is 9.47 Å². The number of para-hydroxylation sites is 1. The van der Waals surface area contributed by atoms with Gasteiger partial charge in [0.25, 0.3) is 0 Å². The van der Waals surface area contributed by atoms with Gasteiger partial charge in [0.05, 0.1) is 0 Å². The number of hydrogen-bond acceptors (Lipinski definition) is 4. The average molecular weight is 500 g/mol. The van der Waals surface area contributed by atoms with E-state index in [0.29, 0.717) is 5.75 Å². The third-order valence-electron chi connectivity index (χ3n) is 6.14. The second kappa shape index (κ2) is 11.5. The van der Waals surface area contributed by atoms with Gasteiger partial charge in [0.1, 0.15) is 17.2 Å². The summed E-state index contributed by atoms with van der Waals surface area (Å²) in [6, 6.07) is 42.5. The highest BCUT2D eigenvalue weighted by Crippen LogP contribution is 2.37. The van der Waals surface area contributed by atoms with E-state index < -0.39 is 6.29 Å². The number of hydrogen-bond donors (Lipinski definition) is 1. The molecule has 0 aliphatic rings. The lowest BCUT2D eigenvalue weighted by Crippen LogP contribution is -2.10. The molecule has 0 heterocycles. The molecule has 4 heteroatoms. The Labute approximate surface area is 223 Å². The van der Waals surface area contributed by atoms with Crippen molar-refractivity contribution in [3.8, 4) is 28.4 Å². The number of ether oxygens (including phenoxy) is 2. The minimum atomic E-state index is -1.02. The predicted molar refractivity (Wildman–Crippen MR) is 155 cm³/mol. The van der Waals surface area contributed by atoms with Gasteiger partial charge in [-0.1, -0.05) is 66.7 Å². The van der Waals surface area contributed by atoms with Crippen LogP contribution in [0.5, 0.6) is 17.2 Å². The molecule has 0 aromatic heterocycles. The third kappa shape index (κ3) is 5.94. The second-order valence-corrected chi connectivity index (χ2v) is 8.90. The van der Waals surface area contributed by atoms with Gasteiger partial charge in [-0.3, -0.25) is 0 Å². The maximum Gasteiger partial charge on any atom is 0.216 e. The van der Waals surface area contributed by atoms with Crippen LogP contribution in [0, 0.1) is 6.92 Å². The Bertz CT molecular complexity index is 1460. The summed E-state index contributed by atoms with van der Waals surface area (Å²) in [7, 11) is 0. The van der Waals surface area contributed by atoms with Crippen LogP contribution >= 0.6 is 0 Å². The number of benzene rings is 5. The molecule has 1 unspecified atom stereocenters. The van der Waals surface area contributed by atoms with E-state index in [0.717, 1.165) is 39.7 Å². The monoisotopic (exact) mass is 499 g/mol. The zero-order chi connectivity index (χ0) is 26.3. The SMILES string of the molecule is C=CC(O)Oc1ccc(-c2ccc(N(c3ccc(C)cc3)c3ccc(Oc4ccccc4)cc3)cc2)cc1. The standard InChI is InChI=1S/C34H29NO3/c1-3-34(36)38-33-21-13-27(14-22-33)26-11-17-29(18-12-26)35(28-15-9-25(2)10-16-28)30-19-23-32(24-20-30)37-31-7-5-4-6-8-31/h3-24,34,36H,1H2,2H3. The molecule has 188 valence electrons. The van der Waals surface area contributed by atoms with Gasteiger partial charge in [0.2, 0.25) is 6.29 Å². The molecule has 0 amide bonds. The molecule has 0 spiro atoms. The largest absolute Gasteiger partial charge is 0.461 e. The van der Waals surface area contributed by atoms with Crippen LogP contribution in [0.25, 0.3) is 11.1 Å². The maximum atomic E-state index is 9.61. The van der Waals surface area contributed by atoms with E-state index in [9.17, 15) is 5.11 Å². The molecule has 0 fully saturated rings. The van der Waals surface area contributed by atoms with Crippen molar-refractivity contribution in [1.29, 1.82) is 0 Å². The van der Waals surface area contributed by atoms with E-state index in [1.807, 2.05) is 66.7 Å². The minimum Gasteiger partial charge on any atom is -0.461 e. The van der Waals surface area contributed by atoms with Crippen molar-refractivity contribution < 1.29 is 14.6 Å². The lowest BCUT2D eigenvalue weighted by Gasteiger charge is -2.26. The zero-order valence-corrected chi connectivity index (χ0v) is 21.2. The van der Waals surface area contributed by atoms with Crippen LogP contribution in [0.1, 0.15) is 5.56 Å². The molecule has 0 saturated carbocycles. The normalized spacial score (nSPS) is 11.4. The van der Waals surface area contributed by atoms with Crippen molar-refractivity contribution in [2.24, 2.45) is 0 Å². The Kier molecular flexibility index (Phi) is 7.53. The minimum absolute atomic E-state index is 0.586. The summed E-state index contributed by atoms with van der Waals surface area (Å²) in [4.78, 5) is 2.23. The Morgan fingerprint density at radius 3 is 1.61 bits per heavy atom. The molecule has 5 aromatic carbocycles. The molecule has 38 heavy (non-hydrogen) atoms. The van der Waals surface area contributed by atoms with Gasteiger partial charge in [0.15, 0.2) is 0 Å². The Balaban J connectivity index is 1.41. The highest BCUT2D eigenvalue weighted by atomic mass is 16.6. The summed E-state index contributed by atoms with van der Waals surface area (Å²) in [5, 5.41) is 9.61. The first-order chi connectivity index (χ1) is 18.6. The van der Waals surface area contributed by atoms with Crippen LogP contribution in [-0.4, -0.2) is 11.4 Å². The van der Waals surface area contributed by atoms with E-state index >= 15 is 0 Å². The third-order valence-corrected chi connectivity index (χ3v) is 6.14. The first kappa shape index (κ1) is 24.9. The van der Waals surface area contributed by atoms with E-state index in [-0.39, 0.29) is 0 Å². The molecule has 4 nitrogen and oxygen atoms in total. The Hall–Kier alpha value is -4.80. The van der Waals surface area contributed by atoms with Crippen LogP contribution in [-0.2, 0) is 0 Å². The molecule has 0 aliphatic carbocycles. The fraction of sp³-hybridized carbons (Fsp3) is 0.0588. The van der Waals surface area contributed by atoms with Gasteiger partial charge >= 0.3 is 0 Å². The van der Waals surface area contributed by atoms with Gasteiger partial charge in [0, 0.05) is 17.1 Å². The molecule has 0 saturated heterocycles. The number of nitrogens with zero attached hydrogens (tertiary/aromatic N) is 1. The van der Waals surface area contributed by atoms with Gasteiger partial charge in [-0.15, -0.1) is 0 Å². The topological polar surface area (TPSA) is 41.9 Å². The molecular weight excluding hydrogens is 470 g/mol. The van der Waals surface area contributed by atoms with Gasteiger partial charge in [-0.2, -0.15) is 0 Å². The van der Waals surface area contributed by atoms with Gasteiger partial charge in [-0.25, -0.2) is 0 Å². The lowest BCUT2D eigenvalue weighted by molar-refractivity contribution is 0.0251.